The van der Waals surface area contributed by atoms with Crippen LogP contribution < -0.4 is 10.2 Å². The van der Waals surface area contributed by atoms with Crippen molar-refractivity contribution in [3.05, 3.63) is 12.4 Å². The number of nitrogens with zero attached hydrogens (tertiary/aromatic N) is 3. The summed E-state index contributed by atoms with van der Waals surface area (Å²) in [5.41, 5.74) is 1.25. The standard InChI is InChI=1S/C13H24N4/c1-5-14-13-6-7-17(11(3)10(13)2)12-8-15-16(4)9-12/h8-11,13-14H,5-7H2,1-4H3. The Morgan fingerprint density at radius 2 is 2.24 bits per heavy atom. The highest BCUT2D eigenvalue weighted by Crippen LogP contribution is 2.28. The van der Waals surface area contributed by atoms with Gasteiger partial charge in [0.25, 0.3) is 0 Å². The minimum Gasteiger partial charge on any atom is -0.366 e. The topological polar surface area (TPSA) is 33.1 Å². The monoisotopic (exact) mass is 236 g/mol. The van der Waals surface area contributed by atoms with Gasteiger partial charge in [-0.3, -0.25) is 4.68 Å². The fourth-order valence-electron chi connectivity index (χ4n) is 2.84. The number of aryl methyl sites for hydroxylation is 1. The minimum atomic E-state index is 0.567. The molecule has 1 aromatic heterocycles. The van der Waals surface area contributed by atoms with Crippen LogP contribution in [-0.2, 0) is 7.05 Å². The van der Waals surface area contributed by atoms with Crippen LogP contribution in [0.3, 0.4) is 0 Å². The fraction of sp³-hybridized carbons (Fsp3) is 0.769. The van der Waals surface area contributed by atoms with Gasteiger partial charge in [0.1, 0.15) is 0 Å². The van der Waals surface area contributed by atoms with Crippen LogP contribution in [0.4, 0.5) is 5.69 Å². The summed E-state index contributed by atoms with van der Waals surface area (Å²) in [4.78, 5) is 2.48. The van der Waals surface area contributed by atoms with Crippen LogP contribution in [0.25, 0.3) is 0 Å². The van der Waals surface area contributed by atoms with Crippen molar-refractivity contribution in [3.63, 3.8) is 0 Å². The Morgan fingerprint density at radius 3 is 2.82 bits per heavy atom. The predicted octanol–water partition coefficient (Wildman–Crippen LogP) is 1.63. The largest absolute Gasteiger partial charge is 0.366 e. The predicted molar refractivity (Wildman–Crippen MR) is 71.3 cm³/mol. The molecule has 1 saturated heterocycles. The van der Waals surface area contributed by atoms with Crippen LogP contribution in [0.2, 0.25) is 0 Å². The van der Waals surface area contributed by atoms with E-state index in [9.17, 15) is 0 Å². The van der Waals surface area contributed by atoms with Crippen LogP contribution in [-0.4, -0.2) is 35.0 Å². The molecule has 0 aromatic carbocycles. The molecule has 2 heterocycles. The molecule has 0 spiro atoms. The maximum Gasteiger partial charge on any atom is 0.0754 e. The molecule has 0 amide bonds. The van der Waals surface area contributed by atoms with Crippen molar-refractivity contribution >= 4 is 5.69 Å². The zero-order valence-corrected chi connectivity index (χ0v) is 11.3. The van der Waals surface area contributed by atoms with Gasteiger partial charge in [0, 0.05) is 31.9 Å². The highest BCUT2D eigenvalue weighted by Gasteiger charge is 2.32. The van der Waals surface area contributed by atoms with Crippen molar-refractivity contribution in [1.82, 2.24) is 15.1 Å². The number of nitrogens with one attached hydrogen (secondary N) is 1. The molecule has 3 unspecified atom stereocenters. The van der Waals surface area contributed by atoms with Crippen LogP contribution in [0.5, 0.6) is 0 Å². The van der Waals surface area contributed by atoms with Gasteiger partial charge in [-0.15, -0.1) is 0 Å². The lowest BCUT2D eigenvalue weighted by atomic mass is 9.87. The molecular formula is C13H24N4. The van der Waals surface area contributed by atoms with Gasteiger partial charge in [0.2, 0.25) is 0 Å². The highest BCUT2D eigenvalue weighted by molar-refractivity contribution is 5.44. The van der Waals surface area contributed by atoms with Crippen molar-refractivity contribution in [1.29, 1.82) is 0 Å². The van der Waals surface area contributed by atoms with Crippen LogP contribution >= 0.6 is 0 Å². The number of hydrogen-bond acceptors (Lipinski definition) is 3. The summed E-state index contributed by atoms with van der Waals surface area (Å²) in [6, 6.07) is 1.22. The zero-order valence-electron chi connectivity index (χ0n) is 11.3. The van der Waals surface area contributed by atoms with E-state index < -0.39 is 0 Å². The number of piperidine rings is 1. The molecule has 1 fully saturated rings. The van der Waals surface area contributed by atoms with Gasteiger partial charge in [0.05, 0.1) is 11.9 Å². The number of rotatable bonds is 3. The molecule has 4 nitrogen and oxygen atoms in total. The molecule has 96 valence electrons. The molecule has 4 heteroatoms. The Hall–Kier alpha value is -1.03. The van der Waals surface area contributed by atoms with E-state index in [2.05, 4.69) is 42.3 Å². The number of aromatic nitrogens is 2. The van der Waals surface area contributed by atoms with E-state index in [1.165, 1.54) is 12.1 Å². The molecule has 0 radical (unpaired) electrons. The summed E-state index contributed by atoms with van der Waals surface area (Å²) in [6.45, 7) is 9.04. The van der Waals surface area contributed by atoms with Gasteiger partial charge >= 0.3 is 0 Å². The van der Waals surface area contributed by atoms with Crippen LogP contribution in [0, 0.1) is 5.92 Å². The molecule has 1 aliphatic heterocycles. The Kier molecular flexibility index (Phi) is 3.72. The molecule has 1 aromatic rings. The summed E-state index contributed by atoms with van der Waals surface area (Å²) in [5, 5.41) is 7.86. The van der Waals surface area contributed by atoms with Crippen molar-refractivity contribution in [2.24, 2.45) is 13.0 Å². The van der Waals surface area contributed by atoms with E-state index in [0.29, 0.717) is 18.0 Å². The maximum absolute atomic E-state index is 4.27. The maximum atomic E-state index is 4.27. The Morgan fingerprint density at radius 1 is 1.47 bits per heavy atom. The summed E-state index contributed by atoms with van der Waals surface area (Å²) in [6.07, 6.45) is 5.29. The zero-order chi connectivity index (χ0) is 12.4. The molecule has 17 heavy (non-hydrogen) atoms. The van der Waals surface area contributed by atoms with E-state index in [0.717, 1.165) is 13.1 Å². The average molecular weight is 236 g/mol. The first-order valence-electron chi connectivity index (χ1n) is 6.62. The van der Waals surface area contributed by atoms with Gasteiger partial charge < -0.3 is 10.2 Å². The second-order valence-corrected chi connectivity index (χ2v) is 5.12. The van der Waals surface area contributed by atoms with E-state index in [-0.39, 0.29) is 0 Å². The van der Waals surface area contributed by atoms with Crippen LogP contribution in [0.15, 0.2) is 12.4 Å². The third-order valence-corrected chi connectivity index (χ3v) is 4.06. The van der Waals surface area contributed by atoms with Gasteiger partial charge in [-0.25, -0.2) is 0 Å². The van der Waals surface area contributed by atoms with Crippen molar-refractivity contribution in [2.45, 2.75) is 39.3 Å². The van der Waals surface area contributed by atoms with Gasteiger partial charge in [-0.2, -0.15) is 5.10 Å². The van der Waals surface area contributed by atoms with E-state index in [1.807, 2.05) is 17.9 Å². The van der Waals surface area contributed by atoms with Crippen molar-refractivity contribution < 1.29 is 0 Å². The first-order valence-corrected chi connectivity index (χ1v) is 6.62. The number of anilines is 1. The lowest BCUT2D eigenvalue weighted by molar-refractivity contribution is 0.274. The van der Waals surface area contributed by atoms with Gasteiger partial charge in [0.15, 0.2) is 0 Å². The third-order valence-electron chi connectivity index (χ3n) is 4.06. The Bertz CT molecular complexity index is 360. The second kappa shape index (κ2) is 5.08. The molecule has 0 bridgehead atoms. The van der Waals surface area contributed by atoms with E-state index in [4.69, 9.17) is 0 Å². The van der Waals surface area contributed by atoms with Gasteiger partial charge in [-0.05, 0) is 25.8 Å². The lowest BCUT2D eigenvalue weighted by Gasteiger charge is -2.43. The highest BCUT2D eigenvalue weighted by atomic mass is 15.3. The van der Waals surface area contributed by atoms with Crippen molar-refractivity contribution in [3.8, 4) is 0 Å². The minimum absolute atomic E-state index is 0.567. The van der Waals surface area contributed by atoms with E-state index in [1.54, 1.807) is 0 Å². The van der Waals surface area contributed by atoms with E-state index >= 15 is 0 Å². The summed E-state index contributed by atoms with van der Waals surface area (Å²) in [7, 11) is 1.98. The number of hydrogen-bond donors (Lipinski definition) is 1. The normalized spacial score (nSPS) is 29.6. The molecule has 1 N–H and O–H groups in total. The smallest absolute Gasteiger partial charge is 0.0754 e. The summed E-state index contributed by atoms with van der Waals surface area (Å²) < 4.78 is 1.88. The second-order valence-electron chi connectivity index (χ2n) is 5.12. The fourth-order valence-corrected chi connectivity index (χ4v) is 2.84. The van der Waals surface area contributed by atoms with Gasteiger partial charge in [-0.1, -0.05) is 13.8 Å². The first kappa shape index (κ1) is 12.4. The molecule has 0 saturated carbocycles. The Labute approximate surface area is 104 Å². The van der Waals surface area contributed by atoms with Crippen LogP contribution in [0.1, 0.15) is 27.2 Å². The summed E-state index contributed by atoms with van der Waals surface area (Å²) in [5.74, 6) is 0.670. The quantitative estimate of drug-likeness (QED) is 0.866. The summed E-state index contributed by atoms with van der Waals surface area (Å²) >= 11 is 0. The Balaban J connectivity index is 2.08. The average Bonchev–Trinajstić information content (AvgIpc) is 2.72. The molecule has 1 aliphatic rings. The third kappa shape index (κ3) is 2.46. The molecule has 3 atom stereocenters. The molecule has 0 aliphatic carbocycles. The SMILES string of the molecule is CCNC1CCN(c2cnn(C)c2)C(C)C1C. The van der Waals surface area contributed by atoms with Crippen molar-refractivity contribution in [2.75, 3.05) is 18.0 Å². The molecule has 2 rings (SSSR count). The lowest BCUT2D eigenvalue weighted by Crippen LogP contribution is -2.53. The first-order chi connectivity index (χ1) is 8.13. The molecular weight excluding hydrogens is 212 g/mol.